The lowest BCUT2D eigenvalue weighted by atomic mass is 9.93. The highest BCUT2D eigenvalue weighted by Gasteiger charge is 2.24. The summed E-state index contributed by atoms with van der Waals surface area (Å²) in [6.45, 7) is 0.626. The average Bonchev–Trinajstić information content (AvgIpc) is 2.54. The predicted octanol–water partition coefficient (Wildman–Crippen LogP) is 2.78. The molecule has 1 atom stereocenters. The minimum absolute atomic E-state index is 0.0212. The fourth-order valence-corrected chi connectivity index (χ4v) is 2.54. The monoisotopic (exact) mass is 277 g/mol. The van der Waals surface area contributed by atoms with Gasteiger partial charge >= 0.3 is 0 Å². The van der Waals surface area contributed by atoms with Crippen LogP contribution in [0.4, 0.5) is 11.4 Å². The third kappa shape index (κ3) is 2.87. The van der Waals surface area contributed by atoms with E-state index < -0.39 is 0 Å². The highest BCUT2D eigenvalue weighted by Crippen LogP contribution is 2.25. The number of hydrogen-bond acceptors (Lipinski definition) is 3. The van der Waals surface area contributed by atoms with E-state index in [0.29, 0.717) is 17.8 Å². The number of amides is 1. The van der Waals surface area contributed by atoms with Gasteiger partial charge in [0.25, 0.3) is 0 Å². The molecule has 1 aliphatic rings. The van der Waals surface area contributed by atoms with Crippen LogP contribution in [0.15, 0.2) is 48.5 Å². The van der Waals surface area contributed by atoms with Crippen LogP contribution >= 0.6 is 0 Å². The van der Waals surface area contributed by atoms with Crippen LogP contribution in [0, 0.1) is 17.2 Å². The van der Waals surface area contributed by atoms with Crippen LogP contribution in [0.1, 0.15) is 11.1 Å². The number of para-hydroxylation sites is 1. The fraction of sp³-hybridized carbons (Fsp3) is 0.176. The van der Waals surface area contributed by atoms with Gasteiger partial charge in [0.1, 0.15) is 0 Å². The highest BCUT2D eigenvalue weighted by atomic mass is 16.1. The summed E-state index contributed by atoms with van der Waals surface area (Å²) in [4.78, 5) is 12.3. The molecule has 21 heavy (non-hydrogen) atoms. The second kappa shape index (κ2) is 5.68. The number of fused-ring (bicyclic) bond motifs is 1. The van der Waals surface area contributed by atoms with E-state index in [-0.39, 0.29) is 11.8 Å². The standard InChI is InChI=1S/C17H15N3O/c18-10-12-4-3-6-15(8-12)20-17(21)14-9-13-5-1-2-7-16(13)19-11-14/h1-8,14,19H,9,11H2,(H,20,21). The van der Waals surface area contributed by atoms with E-state index in [4.69, 9.17) is 5.26 Å². The molecule has 0 aliphatic carbocycles. The van der Waals surface area contributed by atoms with Crippen molar-refractivity contribution >= 4 is 17.3 Å². The summed E-state index contributed by atoms with van der Waals surface area (Å²) in [6.07, 6.45) is 0.729. The Balaban J connectivity index is 1.71. The second-order valence-electron chi connectivity index (χ2n) is 5.12. The van der Waals surface area contributed by atoms with Gasteiger partial charge in [-0.3, -0.25) is 4.79 Å². The van der Waals surface area contributed by atoms with Crippen LogP contribution in [0.2, 0.25) is 0 Å². The maximum Gasteiger partial charge on any atom is 0.229 e. The molecule has 2 N–H and O–H groups in total. The predicted molar refractivity (Wildman–Crippen MR) is 81.9 cm³/mol. The zero-order valence-electron chi connectivity index (χ0n) is 11.5. The Kier molecular flexibility index (Phi) is 3.57. The van der Waals surface area contributed by atoms with Crippen LogP contribution < -0.4 is 10.6 Å². The lowest BCUT2D eigenvalue weighted by molar-refractivity contribution is -0.119. The molecule has 1 heterocycles. The molecule has 2 aromatic rings. The summed E-state index contributed by atoms with van der Waals surface area (Å²) in [6, 6.07) is 17.1. The summed E-state index contributed by atoms with van der Waals surface area (Å²) >= 11 is 0. The first-order valence-electron chi connectivity index (χ1n) is 6.89. The lowest BCUT2D eigenvalue weighted by Gasteiger charge is -2.25. The maximum atomic E-state index is 12.3. The van der Waals surface area contributed by atoms with E-state index in [9.17, 15) is 4.79 Å². The van der Waals surface area contributed by atoms with Crippen LogP contribution in [-0.4, -0.2) is 12.5 Å². The molecule has 4 nitrogen and oxygen atoms in total. The van der Waals surface area contributed by atoms with E-state index in [0.717, 1.165) is 17.7 Å². The number of nitrogens with one attached hydrogen (secondary N) is 2. The molecule has 0 radical (unpaired) electrons. The van der Waals surface area contributed by atoms with Crippen molar-refractivity contribution in [2.24, 2.45) is 5.92 Å². The van der Waals surface area contributed by atoms with Gasteiger partial charge in [0.2, 0.25) is 5.91 Å². The second-order valence-corrected chi connectivity index (χ2v) is 5.12. The van der Waals surface area contributed by atoms with E-state index >= 15 is 0 Å². The van der Waals surface area contributed by atoms with E-state index in [1.54, 1.807) is 24.3 Å². The molecule has 1 unspecified atom stereocenters. The molecule has 0 fully saturated rings. The Morgan fingerprint density at radius 2 is 2.10 bits per heavy atom. The van der Waals surface area contributed by atoms with Gasteiger partial charge in [0.15, 0.2) is 0 Å². The Hall–Kier alpha value is -2.80. The highest BCUT2D eigenvalue weighted by molar-refractivity contribution is 5.93. The molecular weight excluding hydrogens is 262 g/mol. The van der Waals surface area contributed by atoms with Crippen molar-refractivity contribution < 1.29 is 4.79 Å². The largest absolute Gasteiger partial charge is 0.384 e. The van der Waals surface area contributed by atoms with Crippen molar-refractivity contribution in [1.82, 2.24) is 0 Å². The van der Waals surface area contributed by atoms with Crippen molar-refractivity contribution in [2.75, 3.05) is 17.2 Å². The van der Waals surface area contributed by atoms with Gasteiger partial charge in [0, 0.05) is 17.9 Å². The molecule has 2 aromatic carbocycles. The molecule has 0 saturated heterocycles. The van der Waals surface area contributed by atoms with Crippen molar-refractivity contribution in [3.63, 3.8) is 0 Å². The first-order valence-corrected chi connectivity index (χ1v) is 6.89. The van der Waals surface area contributed by atoms with Gasteiger partial charge in [-0.25, -0.2) is 0 Å². The summed E-state index contributed by atoms with van der Waals surface area (Å²) in [5.41, 5.74) is 3.47. The first kappa shape index (κ1) is 13.2. The number of hydrogen-bond donors (Lipinski definition) is 2. The Labute approximate surface area is 123 Å². The summed E-state index contributed by atoms with van der Waals surface area (Å²) < 4.78 is 0. The number of nitrogens with zero attached hydrogens (tertiary/aromatic N) is 1. The number of rotatable bonds is 2. The first-order chi connectivity index (χ1) is 10.3. The molecule has 3 rings (SSSR count). The van der Waals surface area contributed by atoms with Gasteiger partial charge in [-0.15, -0.1) is 0 Å². The SMILES string of the molecule is N#Cc1cccc(NC(=O)C2CNc3ccccc3C2)c1. The molecule has 1 amide bonds. The quantitative estimate of drug-likeness (QED) is 0.887. The van der Waals surface area contributed by atoms with Gasteiger partial charge in [-0.1, -0.05) is 24.3 Å². The number of carbonyl (C=O) groups is 1. The van der Waals surface area contributed by atoms with Crippen molar-refractivity contribution in [3.8, 4) is 6.07 Å². The third-order valence-electron chi connectivity index (χ3n) is 3.65. The molecule has 0 spiro atoms. The zero-order chi connectivity index (χ0) is 14.7. The Morgan fingerprint density at radius 1 is 1.24 bits per heavy atom. The number of nitriles is 1. The Bertz CT molecular complexity index is 718. The van der Waals surface area contributed by atoms with Crippen molar-refractivity contribution in [3.05, 3.63) is 59.7 Å². The average molecular weight is 277 g/mol. The van der Waals surface area contributed by atoms with Crippen LogP contribution in [-0.2, 0) is 11.2 Å². The minimum atomic E-state index is -0.106. The smallest absolute Gasteiger partial charge is 0.229 e. The molecule has 1 aliphatic heterocycles. The number of anilines is 2. The van der Waals surface area contributed by atoms with E-state index in [2.05, 4.69) is 16.7 Å². The third-order valence-corrected chi connectivity index (χ3v) is 3.65. The fourth-order valence-electron chi connectivity index (χ4n) is 2.54. The van der Waals surface area contributed by atoms with E-state index in [1.807, 2.05) is 24.3 Å². The topological polar surface area (TPSA) is 64.9 Å². The van der Waals surface area contributed by atoms with Crippen LogP contribution in [0.3, 0.4) is 0 Å². The van der Waals surface area contributed by atoms with Gasteiger partial charge in [0.05, 0.1) is 17.6 Å². The van der Waals surface area contributed by atoms with Gasteiger partial charge in [-0.2, -0.15) is 5.26 Å². The molecular formula is C17H15N3O. The van der Waals surface area contributed by atoms with Crippen molar-refractivity contribution in [1.29, 1.82) is 5.26 Å². The lowest BCUT2D eigenvalue weighted by Crippen LogP contribution is -2.33. The normalized spacial score (nSPS) is 16.2. The van der Waals surface area contributed by atoms with Gasteiger partial charge in [-0.05, 0) is 36.2 Å². The molecule has 0 saturated carbocycles. The summed E-state index contributed by atoms with van der Waals surface area (Å²) in [5, 5.41) is 15.1. The number of benzene rings is 2. The Morgan fingerprint density at radius 3 is 2.95 bits per heavy atom. The summed E-state index contributed by atoms with van der Waals surface area (Å²) in [5.74, 6) is -0.127. The van der Waals surface area contributed by atoms with Gasteiger partial charge < -0.3 is 10.6 Å². The maximum absolute atomic E-state index is 12.3. The van der Waals surface area contributed by atoms with Crippen LogP contribution in [0.25, 0.3) is 0 Å². The summed E-state index contributed by atoms with van der Waals surface area (Å²) in [7, 11) is 0. The molecule has 104 valence electrons. The van der Waals surface area contributed by atoms with Crippen LogP contribution in [0.5, 0.6) is 0 Å². The van der Waals surface area contributed by atoms with Crippen molar-refractivity contribution in [2.45, 2.75) is 6.42 Å². The zero-order valence-corrected chi connectivity index (χ0v) is 11.5. The number of carbonyl (C=O) groups excluding carboxylic acids is 1. The minimum Gasteiger partial charge on any atom is -0.384 e. The molecule has 0 bridgehead atoms. The van der Waals surface area contributed by atoms with E-state index in [1.165, 1.54) is 0 Å². The molecule has 4 heteroatoms. The molecule has 0 aromatic heterocycles.